The summed E-state index contributed by atoms with van der Waals surface area (Å²) < 4.78 is 6.23. The number of fused-ring (bicyclic) bond motifs is 1. The molecule has 8 heteroatoms. The van der Waals surface area contributed by atoms with Gasteiger partial charge in [-0.3, -0.25) is 9.59 Å². The van der Waals surface area contributed by atoms with E-state index in [1.54, 1.807) is 0 Å². The zero-order valence-corrected chi connectivity index (χ0v) is 21.9. The molecule has 1 aromatic heterocycles. The maximum atomic E-state index is 13.5. The molecule has 5 N–H and O–H groups in total. The highest BCUT2D eigenvalue weighted by Crippen LogP contribution is 2.40. The standard InChI is InChI=1S/C29H38N4O4/c1-16-4-11-24(37-15-19-5-6-19)23(14-16)26-22-12-13-30-27(22)25(17(2)31-26)29(36)33-21-9-7-20(8-10-21)32-28(35)18(3)34/h4,11-14,18-21,26,30-31,34H,5-10,15H2,1-3H3,(H,32,35)(H,33,36)/t18-,20?,21?,26?/m0/s1. The first-order valence-electron chi connectivity index (χ1n) is 13.5. The second-order valence-electron chi connectivity index (χ2n) is 10.9. The van der Waals surface area contributed by atoms with Gasteiger partial charge in [-0.2, -0.15) is 0 Å². The Labute approximate surface area is 218 Å². The number of H-pyrrole nitrogens is 1. The molecule has 1 aliphatic heterocycles. The fourth-order valence-corrected chi connectivity index (χ4v) is 5.40. The van der Waals surface area contributed by atoms with Gasteiger partial charge in [-0.05, 0) is 83.4 Å². The number of benzene rings is 1. The van der Waals surface area contributed by atoms with Crippen LogP contribution in [0.4, 0.5) is 0 Å². The number of aryl methyl sites for hydroxylation is 1. The van der Waals surface area contributed by atoms with Crippen LogP contribution in [0.3, 0.4) is 0 Å². The van der Waals surface area contributed by atoms with Crippen LogP contribution in [0.5, 0.6) is 5.75 Å². The quantitative estimate of drug-likeness (QED) is 0.376. The number of rotatable bonds is 8. The van der Waals surface area contributed by atoms with E-state index in [1.807, 2.05) is 19.2 Å². The highest BCUT2D eigenvalue weighted by molar-refractivity contribution is 6.20. The lowest BCUT2D eigenvalue weighted by Crippen LogP contribution is -2.46. The Morgan fingerprint density at radius 1 is 1.03 bits per heavy atom. The van der Waals surface area contributed by atoms with Crippen LogP contribution < -0.4 is 20.7 Å². The number of ether oxygens (including phenoxy) is 1. The fraction of sp³-hybridized carbons (Fsp3) is 0.517. The first kappa shape index (κ1) is 25.4. The van der Waals surface area contributed by atoms with Gasteiger partial charge in [0.1, 0.15) is 11.9 Å². The Kier molecular flexibility index (Phi) is 7.29. The molecule has 3 aliphatic rings. The third kappa shape index (κ3) is 5.69. The minimum Gasteiger partial charge on any atom is -0.493 e. The number of allylic oxidation sites excluding steroid dienone is 1. The molecular formula is C29H38N4O4. The second kappa shape index (κ2) is 10.6. The summed E-state index contributed by atoms with van der Waals surface area (Å²) in [4.78, 5) is 28.6. The van der Waals surface area contributed by atoms with Crippen molar-refractivity contribution in [3.63, 3.8) is 0 Å². The largest absolute Gasteiger partial charge is 0.493 e. The van der Waals surface area contributed by atoms with Crippen molar-refractivity contribution < 1.29 is 19.4 Å². The summed E-state index contributed by atoms with van der Waals surface area (Å²) in [5, 5.41) is 19.1. The van der Waals surface area contributed by atoms with E-state index >= 15 is 0 Å². The summed E-state index contributed by atoms with van der Waals surface area (Å²) >= 11 is 0. The van der Waals surface area contributed by atoms with Gasteiger partial charge in [-0.25, -0.2) is 0 Å². The molecule has 2 aromatic rings. The molecule has 37 heavy (non-hydrogen) atoms. The molecule has 2 atom stereocenters. The van der Waals surface area contributed by atoms with Crippen LogP contribution in [-0.4, -0.2) is 46.7 Å². The van der Waals surface area contributed by atoms with Gasteiger partial charge in [0.2, 0.25) is 5.91 Å². The third-order valence-electron chi connectivity index (χ3n) is 7.74. The van der Waals surface area contributed by atoms with Crippen molar-refractivity contribution in [3.05, 3.63) is 58.5 Å². The molecular weight excluding hydrogens is 468 g/mol. The molecule has 8 nitrogen and oxygen atoms in total. The maximum absolute atomic E-state index is 13.5. The summed E-state index contributed by atoms with van der Waals surface area (Å²) in [7, 11) is 0. The van der Waals surface area contributed by atoms with Gasteiger partial charge in [0.15, 0.2) is 0 Å². The number of aliphatic hydroxyl groups excluding tert-OH is 1. The number of aromatic nitrogens is 1. The maximum Gasteiger partial charge on any atom is 0.255 e. The lowest BCUT2D eigenvalue weighted by Gasteiger charge is -2.32. The van der Waals surface area contributed by atoms with Gasteiger partial charge in [-0.15, -0.1) is 0 Å². The minimum atomic E-state index is -1.01. The first-order chi connectivity index (χ1) is 17.8. The number of amides is 2. The van der Waals surface area contributed by atoms with Crippen LogP contribution in [0, 0.1) is 12.8 Å². The van der Waals surface area contributed by atoms with E-state index < -0.39 is 6.10 Å². The second-order valence-corrected chi connectivity index (χ2v) is 10.9. The van der Waals surface area contributed by atoms with Gasteiger partial charge >= 0.3 is 0 Å². The summed E-state index contributed by atoms with van der Waals surface area (Å²) in [6.45, 7) is 6.25. The minimum absolute atomic E-state index is 0.0361. The lowest BCUT2D eigenvalue weighted by atomic mass is 9.88. The highest BCUT2D eigenvalue weighted by Gasteiger charge is 2.33. The van der Waals surface area contributed by atoms with E-state index in [2.05, 4.69) is 46.1 Å². The van der Waals surface area contributed by atoms with Crippen molar-refractivity contribution >= 4 is 17.4 Å². The fourth-order valence-electron chi connectivity index (χ4n) is 5.40. The molecule has 0 radical (unpaired) electrons. The summed E-state index contributed by atoms with van der Waals surface area (Å²) in [5.41, 5.74) is 5.57. The molecule has 0 spiro atoms. The van der Waals surface area contributed by atoms with E-state index in [1.165, 1.54) is 19.8 Å². The smallest absolute Gasteiger partial charge is 0.255 e. The number of hydrogen-bond donors (Lipinski definition) is 5. The van der Waals surface area contributed by atoms with Crippen LogP contribution in [-0.2, 0) is 9.59 Å². The van der Waals surface area contributed by atoms with Crippen LogP contribution in [0.15, 0.2) is 36.2 Å². The zero-order chi connectivity index (χ0) is 26.1. The van der Waals surface area contributed by atoms with Gasteiger partial charge in [0.05, 0.1) is 23.9 Å². The lowest BCUT2D eigenvalue weighted by molar-refractivity contribution is -0.129. The predicted octanol–water partition coefficient (Wildman–Crippen LogP) is 3.46. The van der Waals surface area contributed by atoms with Crippen molar-refractivity contribution in [1.29, 1.82) is 0 Å². The van der Waals surface area contributed by atoms with Crippen molar-refractivity contribution in [2.24, 2.45) is 5.92 Å². The SMILES string of the molecule is CC1=C(C(=O)NC2CCC(NC(=O)[C@H](C)O)CC2)c2[nH]ccc2C(c2cc(C)ccc2OCC2CC2)N1. The van der Waals surface area contributed by atoms with Gasteiger partial charge < -0.3 is 30.8 Å². The number of aromatic amines is 1. The van der Waals surface area contributed by atoms with Crippen LogP contribution in [0.2, 0.25) is 0 Å². The van der Waals surface area contributed by atoms with Crippen molar-refractivity contribution in [2.75, 3.05) is 6.61 Å². The number of nitrogens with one attached hydrogen (secondary N) is 4. The molecule has 5 rings (SSSR count). The number of aliphatic hydroxyl groups is 1. The van der Waals surface area contributed by atoms with E-state index in [0.29, 0.717) is 11.5 Å². The zero-order valence-electron chi connectivity index (χ0n) is 21.9. The van der Waals surface area contributed by atoms with E-state index in [9.17, 15) is 14.7 Å². The molecule has 0 bridgehead atoms. The van der Waals surface area contributed by atoms with Crippen molar-refractivity contribution in [2.45, 2.75) is 83.5 Å². The van der Waals surface area contributed by atoms with E-state index in [0.717, 1.165) is 66.1 Å². The van der Waals surface area contributed by atoms with Gasteiger partial charge in [0, 0.05) is 35.1 Å². The Balaban J connectivity index is 1.29. The number of carbonyl (C=O) groups is 2. The van der Waals surface area contributed by atoms with Crippen molar-refractivity contribution in [3.8, 4) is 5.75 Å². The molecule has 2 amide bonds. The molecule has 2 aliphatic carbocycles. The Hall–Kier alpha value is -3.26. The van der Waals surface area contributed by atoms with Crippen LogP contribution in [0.1, 0.15) is 80.8 Å². The molecule has 0 saturated heterocycles. The number of carbonyl (C=O) groups excluding carboxylic acids is 2. The monoisotopic (exact) mass is 506 g/mol. The molecule has 2 saturated carbocycles. The average molecular weight is 507 g/mol. The first-order valence-corrected chi connectivity index (χ1v) is 13.5. The summed E-state index contributed by atoms with van der Waals surface area (Å²) in [5.74, 6) is 1.11. The molecule has 2 fully saturated rings. The van der Waals surface area contributed by atoms with Crippen LogP contribution >= 0.6 is 0 Å². The predicted molar refractivity (Wildman–Crippen MR) is 142 cm³/mol. The van der Waals surface area contributed by atoms with Gasteiger partial charge in [0.25, 0.3) is 5.91 Å². The van der Waals surface area contributed by atoms with Crippen LogP contribution in [0.25, 0.3) is 5.57 Å². The summed E-state index contributed by atoms with van der Waals surface area (Å²) in [6, 6.07) is 8.32. The third-order valence-corrected chi connectivity index (χ3v) is 7.74. The Bertz CT molecular complexity index is 1190. The highest BCUT2D eigenvalue weighted by atomic mass is 16.5. The van der Waals surface area contributed by atoms with E-state index in [4.69, 9.17) is 4.74 Å². The molecule has 1 unspecified atom stereocenters. The molecule has 198 valence electrons. The Morgan fingerprint density at radius 3 is 2.41 bits per heavy atom. The van der Waals surface area contributed by atoms with E-state index in [-0.39, 0.29) is 29.9 Å². The normalized spacial score (nSPS) is 24.1. The topological polar surface area (TPSA) is 115 Å². The van der Waals surface area contributed by atoms with Crippen molar-refractivity contribution in [1.82, 2.24) is 20.9 Å². The number of hydrogen-bond acceptors (Lipinski definition) is 5. The average Bonchev–Trinajstić information content (AvgIpc) is 3.58. The molecule has 1 aromatic carbocycles. The van der Waals surface area contributed by atoms with Gasteiger partial charge in [-0.1, -0.05) is 11.6 Å². The summed E-state index contributed by atoms with van der Waals surface area (Å²) in [6.07, 6.45) is 6.46. The Morgan fingerprint density at radius 2 is 1.73 bits per heavy atom. The molecule has 2 heterocycles.